The summed E-state index contributed by atoms with van der Waals surface area (Å²) in [4.78, 5) is 17.2. The van der Waals surface area contributed by atoms with Crippen LogP contribution in [0.5, 0.6) is 11.5 Å². The molecule has 0 saturated heterocycles. The van der Waals surface area contributed by atoms with Crippen LogP contribution in [0.4, 0.5) is 0 Å². The molecule has 2 N–H and O–H groups in total. The van der Waals surface area contributed by atoms with Gasteiger partial charge in [-0.1, -0.05) is 48.5 Å². The minimum absolute atomic E-state index is 0.114. The van der Waals surface area contributed by atoms with Gasteiger partial charge in [0.15, 0.2) is 0 Å². The molecule has 0 aliphatic heterocycles. The Morgan fingerprint density at radius 3 is 1.36 bits per heavy atom. The van der Waals surface area contributed by atoms with Crippen molar-refractivity contribution in [3.8, 4) is 34.3 Å². The van der Waals surface area contributed by atoms with E-state index in [9.17, 15) is 0 Å². The maximum absolute atomic E-state index is 5.63. The zero-order valence-corrected chi connectivity index (χ0v) is 23.1. The quantitative estimate of drug-likeness (QED) is 0.236. The summed E-state index contributed by atoms with van der Waals surface area (Å²) in [5.74, 6) is 3.47. The van der Waals surface area contributed by atoms with E-state index < -0.39 is 0 Å². The van der Waals surface area contributed by atoms with Crippen molar-refractivity contribution in [2.75, 3.05) is 14.2 Å². The van der Waals surface area contributed by atoms with E-state index in [1.165, 1.54) is 33.4 Å². The van der Waals surface area contributed by atoms with Gasteiger partial charge in [-0.2, -0.15) is 0 Å². The van der Waals surface area contributed by atoms with E-state index >= 15 is 0 Å². The smallest absolute Gasteiger partial charge is 0.142 e. The normalized spacial score (nSPS) is 16.3. The zero-order chi connectivity index (χ0) is 27.9. The molecule has 0 radical (unpaired) electrons. The molecule has 7 aromatic rings. The van der Waals surface area contributed by atoms with E-state index in [1.807, 2.05) is 48.5 Å². The molecule has 0 saturated carbocycles. The van der Waals surface area contributed by atoms with Crippen molar-refractivity contribution in [2.45, 2.75) is 11.8 Å². The monoisotopic (exact) mass is 546 g/mol. The maximum atomic E-state index is 5.63. The lowest BCUT2D eigenvalue weighted by atomic mass is 9.61. The number of aromatic nitrogens is 4. The SMILES string of the molecule is COc1ccccc1-c1nc2cc3c(cc2[nH]1)C1c2ccccc2C3c2cc3nc(-c4ccccc4OC)[nH]c3cc21. The van der Waals surface area contributed by atoms with Gasteiger partial charge in [-0.15, -0.1) is 0 Å². The summed E-state index contributed by atoms with van der Waals surface area (Å²) in [7, 11) is 3.39. The highest BCUT2D eigenvalue weighted by molar-refractivity contribution is 5.88. The number of nitrogens with zero attached hydrogens (tertiary/aromatic N) is 2. The van der Waals surface area contributed by atoms with Gasteiger partial charge in [0.2, 0.25) is 0 Å². The summed E-state index contributed by atoms with van der Waals surface area (Å²) >= 11 is 0. The number of hydrogen-bond donors (Lipinski definition) is 2. The van der Waals surface area contributed by atoms with Crippen LogP contribution in [0.1, 0.15) is 45.2 Å². The Labute approximate surface area is 242 Å². The van der Waals surface area contributed by atoms with Gasteiger partial charge in [0, 0.05) is 11.8 Å². The third-order valence-electron chi connectivity index (χ3n) is 8.96. The first-order valence-corrected chi connectivity index (χ1v) is 14.1. The number of benzene rings is 5. The van der Waals surface area contributed by atoms with Crippen molar-refractivity contribution in [3.05, 3.63) is 130 Å². The molecule has 0 spiro atoms. The Morgan fingerprint density at radius 2 is 0.905 bits per heavy atom. The van der Waals surface area contributed by atoms with Gasteiger partial charge in [-0.3, -0.25) is 0 Å². The fourth-order valence-electron chi connectivity index (χ4n) is 7.16. The average Bonchev–Trinajstić information content (AvgIpc) is 3.65. The second-order valence-electron chi connectivity index (χ2n) is 11.1. The van der Waals surface area contributed by atoms with Crippen molar-refractivity contribution in [1.82, 2.24) is 19.9 Å². The molecule has 0 atom stereocenters. The fourth-order valence-corrected chi connectivity index (χ4v) is 7.16. The van der Waals surface area contributed by atoms with E-state index in [1.54, 1.807) is 14.2 Å². The summed E-state index contributed by atoms with van der Waals surface area (Å²) < 4.78 is 11.3. The first-order valence-electron chi connectivity index (χ1n) is 14.1. The van der Waals surface area contributed by atoms with Crippen molar-refractivity contribution >= 4 is 22.1 Å². The van der Waals surface area contributed by atoms with E-state index in [-0.39, 0.29) is 11.8 Å². The number of ether oxygens (including phenoxy) is 2. The van der Waals surface area contributed by atoms with Crippen LogP contribution in [0, 0.1) is 0 Å². The lowest BCUT2D eigenvalue weighted by molar-refractivity contribution is 0.416. The maximum Gasteiger partial charge on any atom is 0.142 e. The van der Waals surface area contributed by atoms with E-state index in [2.05, 4.69) is 58.5 Å². The molecule has 6 nitrogen and oxygen atoms in total. The van der Waals surface area contributed by atoms with Crippen LogP contribution in [-0.4, -0.2) is 34.2 Å². The summed E-state index contributed by atoms with van der Waals surface area (Å²) in [6.45, 7) is 0. The van der Waals surface area contributed by atoms with Gasteiger partial charge < -0.3 is 19.4 Å². The zero-order valence-electron chi connectivity index (χ0n) is 23.1. The minimum atomic E-state index is 0.114. The molecule has 10 rings (SSSR count). The molecule has 6 heteroatoms. The Kier molecular flexibility index (Phi) is 4.77. The first-order chi connectivity index (χ1) is 20.7. The minimum Gasteiger partial charge on any atom is -0.496 e. The topological polar surface area (TPSA) is 75.8 Å². The van der Waals surface area contributed by atoms with Crippen molar-refractivity contribution < 1.29 is 9.47 Å². The van der Waals surface area contributed by atoms with Crippen LogP contribution in [0.25, 0.3) is 44.8 Å². The standard InChI is InChI=1S/C36H26N4O2/c1-41-31-13-7-5-11-21(31)35-37-27-15-23-24(16-28(27)38-35)34-20-10-4-3-9-19(20)33(23)25-17-29-30(18-26(25)34)40-36(39-29)22-12-6-8-14-32(22)42-2/h3-18,33-34H,1-2H3,(H,37,38)(H,39,40). The number of nitrogens with one attached hydrogen (secondary N) is 2. The summed E-state index contributed by atoms with van der Waals surface area (Å²) in [6, 6.07) is 34.1. The predicted molar refractivity (Wildman–Crippen MR) is 164 cm³/mol. The molecule has 0 fully saturated rings. The van der Waals surface area contributed by atoms with E-state index in [0.29, 0.717) is 0 Å². The molecule has 2 bridgehead atoms. The van der Waals surface area contributed by atoms with Gasteiger partial charge >= 0.3 is 0 Å². The van der Waals surface area contributed by atoms with Gasteiger partial charge in [0.1, 0.15) is 23.1 Å². The molecular formula is C36H26N4O2. The third-order valence-corrected chi connectivity index (χ3v) is 8.96. The molecule has 5 aromatic carbocycles. The Bertz CT molecular complexity index is 1970. The first kappa shape index (κ1) is 23.4. The van der Waals surface area contributed by atoms with Gasteiger partial charge in [-0.25, -0.2) is 9.97 Å². The van der Waals surface area contributed by atoms with Crippen molar-refractivity contribution in [2.24, 2.45) is 0 Å². The third kappa shape index (κ3) is 3.15. The highest BCUT2D eigenvalue weighted by Crippen LogP contribution is 2.57. The Morgan fingerprint density at radius 1 is 0.500 bits per heavy atom. The highest BCUT2D eigenvalue weighted by atomic mass is 16.5. The van der Waals surface area contributed by atoms with Crippen molar-refractivity contribution in [3.63, 3.8) is 0 Å². The van der Waals surface area contributed by atoms with Gasteiger partial charge in [0.05, 0.1) is 47.4 Å². The van der Waals surface area contributed by atoms with E-state index in [0.717, 1.165) is 56.3 Å². The van der Waals surface area contributed by atoms with Crippen LogP contribution in [-0.2, 0) is 0 Å². The predicted octanol–water partition coefficient (Wildman–Crippen LogP) is 7.78. The number of para-hydroxylation sites is 2. The number of methoxy groups -OCH3 is 2. The second kappa shape index (κ2) is 8.57. The lowest BCUT2D eigenvalue weighted by Crippen LogP contribution is -2.27. The van der Waals surface area contributed by atoms with Crippen LogP contribution in [0.2, 0.25) is 0 Å². The molecule has 3 aliphatic rings. The number of H-pyrrole nitrogens is 2. The largest absolute Gasteiger partial charge is 0.496 e. The second-order valence-corrected chi connectivity index (χ2v) is 11.1. The number of aromatic amines is 2. The van der Waals surface area contributed by atoms with Crippen molar-refractivity contribution in [1.29, 1.82) is 0 Å². The summed E-state index contributed by atoms with van der Waals surface area (Å²) in [5, 5.41) is 0. The molecule has 202 valence electrons. The molecule has 42 heavy (non-hydrogen) atoms. The van der Waals surface area contributed by atoms with Crippen LogP contribution in [0.15, 0.2) is 97.1 Å². The Balaban J connectivity index is 1.24. The van der Waals surface area contributed by atoms with Gasteiger partial charge in [-0.05, 0) is 81.9 Å². The van der Waals surface area contributed by atoms with Crippen LogP contribution in [0.3, 0.4) is 0 Å². The number of fused-ring (bicyclic) bond motifs is 2. The Hall–Kier alpha value is -5.36. The molecule has 2 heterocycles. The number of rotatable bonds is 4. The lowest BCUT2D eigenvalue weighted by Gasteiger charge is -2.42. The molecule has 0 amide bonds. The highest BCUT2D eigenvalue weighted by Gasteiger charge is 2.42. The van der Waals surface area contributed by atoms with E-state index in [4.69, 9.17) is 19.4 Å². The number of imidazole rings is 2. The average molecular weight is 547 g/mol. The fraction of sp³-hybridized carbons (Fsp3) is 0.111. The van der Waals surface area contributed by atoms with Gasteiger partial charge in [0.25, 0.3) is 0 Å². The van der Waals surface area contributed by atoms with Crippen LogP contribution < -0.4 is 9.47 Å². The molecule has 2 aromatic heterocycles. The molecule has 0 unspecified atom stereocenters. The molecular weight excluding hydrogens is 520 g/mol. The summed E-state index contributed by atoms with van der Waals surface area (Å²) in [5.41, 5.74) is 13.9. The number of hydrogen-bond acceptors (Lipinski definition) is 4. The van der Waals surface area contributed by atoms with Crippen LogP contribution >= 0.6 is 0 Å². The summed E-state index contributed by atoms with van der Waals surface area (Å²) in [6.07, 6.45) is 0. The molecule has 3 aliphatic carbocycles.